The highest BCUT2D eigenvalue weighted by molar-refractivity contribution is 7.92. The van der Waals surface area contributed by atoms with Crippen molar-refractivity contribution in [3.63, 3.8) is 0 Å². The smallest absolute Gasteiger partial charge is 0.261 e. The molecule has 0 saturated heterocycles. The van der Waals surface area contributed by atoms with Crippen molar-refractivity contribution in [1.29, 1.82) is 0 Å². The number of nitrogens with one attached hydrogen (secondary N) is 2. The van der Waals surface area contributed by atoms with Crippen LogP contribution < -0.4 is 10.0 Å². The number of carbonyl (C=O) groups excluding carboxylic acids is 1. The highest BCUT2D eigenvalue weighted by atomic mass is 32.2. The highest BCUT2D eigenvalue weighted by Gasteiger charge is 2.19. The third kappa shape index (κ3) is 4.64. The minimum Gasteiger partial charge on any atom is -0.349 e. The van der Waals surface area contributed by atoms with Crippen LogP contribution in [-0.4, -0.2) is 20.4 Å². The van der Waals surface area contributed by atoms with Crippen molar-refractivity contribution in [1.82, 2.24) is 5.32 Å². The van der Waals surface area contributed by atoms with Crippen LogP contribution in [-0.2, 0) is 10.0 Å². The van der Waals surface area contributed by atoms with Gasteiger partial charge in [-0.2, -0.15) is 0 Å². The zero-order valence-electron chi connectivity index (χ0n) is 15.7. The molecule has 0 bridgehead atoms. The molecule has 0 aromatic heterocycles. The summed E-state index contributed by atoms with van der Waals surface area (Å²) in [6, 6.07) is 11.9. The molecule has 0 radical (unpaired) electrons. The van der Waals surface area contributed by atoms with Gasteiger partial charge in [-0.15, -0.1) is 0 Å². The van der Waals surface area contributed by atoms with E-state index in [9.17, 15) is 13.2 Å². The molecule has 2 aromatic rings. The molecule has 140 valence electrons. The van der Waals surface area contributed by atoms with E-state index >= 15 is 0 Å². The maximum Gasteiger partial charge on any atom is 0.261 e. The van der Waals surface area contributed by atoms with Gasteiger partial charge >= 0.3 is 0 Å². The lowest BCUT2D eigenvalue weighted by molar-refractivity contribution is 0.0934. The molecule has 0 fully saturated rings. The van der Waals surface area contributed by atoms with Crippen LogP contribution in [0.1, 0.15) is 48.2 Å². The van der Waals surface area contributed by atoms with E-state index in [1.807, 2.05) is 32.9 Å². The Kier molecular flexibility index (Phi) is 6.42. The third-order valence-corrected chi connectivity index (χ3v) is 5.84. The van der Waals surface area contributed by atoms with E-state index in [0.29, 0.717) is 11.3 Å². The maximum atomic E-state index is 12.7. The number of anilines is 1. The van der Waals surface area contributed by atoms with Crippen LogP contribution in [0, 0.1) is 13.8 Å². The van der Waals surface area contributed by atoms with Gasteiger partial charge in [-0.05, 0) is 56.0 Å². The molecule has 2 aromatic carbocycles. The normalized spacial score (nSPS) is 11.4. The first kappa shape index (κ1) is 20.0. The summed E-state index contributed by atoms with van der Waals surface area (Å²) < 4.78 is 28.1. The second kappa shape index (κ2) is 8.36. The molecule has 0 atom stereocenters. The summed E-state index contributed by atoms with van der Waals surface area (Å²) in [5, 5.41) is 2.96. The molecule has 26 heavy (non-hydrogen) atoms. The number of hydrogen-bond donors (Lipinski definition) is 2. The highest BCUT2D eigenvalue weighted by Crippen LogP contribution is 2.21. The van der Waals surface area contributed by atoms with E-state index in [1.165, 1.54) is 12.1 Å². The van der Waals surface area contributed by atoms with E-state index in [1.54, 1.807) is 25.1 Å². The zero-order chi connectivity index (χ0) is 19.3. The summed E-state index contributed by atoms with van der Waals surface area (Å²) in [6.45, 7) is 7.65. The summed E-state index contributed by atoms with van der Waals surface area (Å²) in [5.41, 5.74) is 2.47. The average molecular weight is 375 g/mol. The van der Waals surface area contributed by atoms with Gasteiger partial charge in [0.25, 0.3) is 15.9 Å². The average Bonchev–Trinajstić information content (AvgIpc) is 2.61. The molecular formula is C20H26N2O3S. The van der Waals surface area contributed by atoms with Crippen molar-refractivity contribution in [3.05, 3.63) is 59.2 Å². The second-order valence-electron chi connectivity index (χ2n) is 6.38. The van der Waals surface area contributed by atoms with Gasteiger partial charge in [0, 0.05) is 11.6 Å². The molecule has 5 nitrogen and oxygen atoms in total. The van der Waals surface area contributed by atoms with Gasteiger partial charge < -0.3 is 5.32 Å². The van der Waals surface area contributed by atoms with E-state index in [2.05, 4.69) is 10.0 Å². The topological polar surface area (TPSA) is 75.3 Å². The van der Waals surface area contributed by atoms with Gasteiger partial charge in [-0.3, -0.25) is 9.52 Å². The lowest BCUT2D eigenvalue weighted by Crippen LogP contribution is -2.34. The fourth-order valence-electron chi connectivity index (χ4n) is 2.66. The molecule has 2 N–H and O–H groups in total. The Morgan fingerprint density at radius 1 is 1.00 bits per heavy atom. The molecule has 0 aliphatic heterocycles. The lowest BCUT2D eigenvalue weighted by atomic mass is 10.1. The molecule has 1 amide bonds. The standard InChI is InChI=1S/C20H26N2O3S/c1-5-16(6-2)21-20(23)18-13-17(12-11-14(18)3)26(24,25)22-19-10-8-7-9-15(19)4/h7-13,16,22H,5-6H2,1-4H3,(H,21,23). The number of hydrogen-bond acceptors (Lipinski definition) is 3. The first-order valence-corrected chi connectivity index (χ1v) is 10.3. The Balaban J connectivity index is 2.33. The number of rotatable bonds is 7. The lowest BCUT2D eigenvalue weighted by Gasteiger charge is -2.17. The minimum absolute atomic E-state index is 0.0704. The van der Waals surface area contributed by atoms with Gasteiger partial charge in [0.1, 0.15) is 0 Å². The summed E-state index contributed by atoms with van der Waals surface area (Å²) in [6.07, 6.45) is 1.65. The van der Waals surface area contributed by atoms with Crippen LogP contribution in [0.25, 0.3) is 0 Å². The van der Waals surface area contributed by atoms with Crippen LogP contribution in [0.4, 0.5) is 5.69 Å². The summed E-state index contributed by atoms with van der Waals surface area (Å²) in [5.74, 6) is -0.246. The van der Waals surface area contributed by atoms with Gasteiger partial charge in [0.2, 0.25) is 0 Å². The monoisotopic (exact) mass is 374 g/mol. The zero-order valence-corrected chi connectivity index (χ0v) is 16.5. The van der Waals surface area contributed by atoms with Gasteiger partial charge in [-0.25, -0.2) is 8.42 Å². The number of sulfonamides is 1. The van der Waals surface area contributed by atoms with Gasteiger partial charge in [0.15, 0.2) is 0 Å². The number of carbonyl (C=O) groups is 1. The third-order valence-electron chi connectivity index (χ3n) is 4.47. The van der Waals surface area contributed by atoms with Crippen molar-refractivity contribution < 1.29 is 13.2 Å². The first-order valence-electron chi connectivity index (χ1n) is 8.78. The fraction of sp³-hybridized carbons (Fsp3) is 0.350. The fourth-order valence-corrected chi connectivity index (χ4v) is 3.82. The predicted octanol–water partition coefficient (Wildman–Crippen LogP) is 4.02. The largest absolute Gasteiger partial charge is 0.349 e. The first-order chi connectivity index (χ1) is 12.3. The quantitative estimate of drug-likeness (QED) is 0.768. The molecule has 0 unspecified atom stereocenters. The Labute approximate surface area is 155 Å². The Bertz CT molecular complexity index is 888. The molecule has 2 rings (SSSR count). The number of benzene rings is 2. The van der Waals surface area contributed by atoms with Crippen molar-refractivity contribution in [2.24, 2.45) is 0 Å². The van der Waals surface area contributed by atoms with Crippen LogP contribution >= 0.6 is 0 Å². The van der Waals surface area contributed by atoms with Crippen molar-refractivity contribution in [2.75, 3.05) is 4.72 Å². The van der Waals surface area contributed by atoms with E-state index < -0.39 is 10.0 Å². The number of amides is 1. The Morgan fingerprint density at radius 2 is 1.65 bits per heavy atom. The van der Waals surface area contributed by atoms with Crippen molar-refractivity contribution in [3.8, 4) is 0 Å². The Morgan fingerprint density at radius 3 is 2.27 bits per heavy atom. The molecule has 6 heteroatoms. The summed E-state index contributed by atoms with van der Waals surface area (Å²) >= 11 is 0. The summed E-state index contributed by atoms with van der Waals surface area (Å²) in [7, 11) is -3.78. The van der Waals surface area contributed by atoms with E-state index in [-0.39, 0.29) is 16.8 Å². The molecule has 0 aliphatic carbocycles. The molecule has 0 saturated carbocycles. The van der Waals surface area contributed by atoms with Crippen LogP contribution in [0.3, 0.4) is 0 Å². The molecule has 0 spiro atoms. The van der Waals surface area contributed by atoms with E-state index in [0.717, 1.165) is 24.0 Å². The number of aryl methyl sites for hydroxylation is 2. The molecule has 0 aliphatic rings. The molecule has 0 heterocycles. The summed E-state index contributed by atoms with van der Waals surface area (Å²) in [4.78, 5) is 12.6. The van der Waals surface area contributed by atoms with Gasteiger partial charge in [-0.1, -0.05) is 38.1 Å². The minimum atomic E-state index is -3.78. The van der Waals surface area contributed by atoms with Crippen LogP contribution in [0.15, 0.2) is 47.4 Å². The van der Waals surface area contributed by atoms with Crippen molar-refractivity contribution >= 4 is 21.6 Å². The van der Waals surface area contributed by atoms with Crippen LogP contribution in [0.2, 0.25) is 0 Å². The van der Waals surface area contributed by atoms with Crippen LogP contribution in [0.5, 0.6) is 0 Å². The van der Waals surface area contributed by atoms with Crippen molar-refractivity contribution in [2.45, 2.75) is 51.5 Å². The second-order valence-corrected chi connectivity index (χ2v) is 8.07. The number of para-hydroxylation sites is 1. The Hall–Kier alpha value is -2.34. The molecular weight excluding hydrogens is 348 g/mol. The predicted molar refractivity (Wildman–Crippen MR) is 105 cm³/mol. The van der Waals surface area contributed by atoms with Gasteiger partial charge in [0.05, 0.1) is 10.6 Å². The maximum absolute atomic E-state index is 12.7. The SMILES string of the molecule is CCC(CC)NC(=O)c1cc(S(=O)(=O)Nc2ccccc2C)ccc1C. The van der Waals surface area contributed by atoms with E-state index in [4.69, 9.17) is 0 Å².